The summed E-state index contributed by atoms with van der Waals surface area (Å²) >= 11 is 0. The first kappa shape index (κ1) is 15.2. The van der Waals surface area contributed by atoms with Crippen LogP contribution in [0.2, 0.25) is 0 Å². The van der Waals surface area contributed by atoms with Gasteiger partial charge in [0, 0.05) is 32.6 Å². The highest BCUT2D eigenvalue weighted by Gasteiger charge is 2.17. The third-order valence-corrected chi connectivity index (χ3v) is 3.54. The van der Waals surface area contributed by atoms with Crippen LogP contribution >= 0.6 is 0 Å². The number of hydrogen-bond donors (Lipinski definition) is 0. The van der Waals surface area contributed by atoms with E-state index >= 15 is 0 Å². The fourth-order valence-electron chi connectivity index (χ4n) is 2.18. The molecule has 3 heteroatoms. The Morgan fingerprint density at radius 1 is 1.06 bits per heavy atom. The molecule has 1 heterocycles. The van der Waals surface area contributed by atoms with E-state index in [4.69, 9.17) is 0 Å². The van der Waals surface area contributed by atoms with E-state index in [0.717, 1.165) is 32.6 Å². The zero-order chi connectivity index (χ0) is 13.2. The van der Waals surface area contributed by atoms with E-state index in [-0.39, 0.29) is 5.91 Å². The van der Waals surface area contributed by atoms with Crippen LogP contribution in [-0.4, -0.2) is 48.9 Å². The van der Waals surface area contributed by atoms with Gasteiger partial charge in [-0.2, -0.15) is 0 Å². The number of hydrogen-bond acceptors (Lipinski definition) is 2. The lowest BCUT2D eigenvalue weighted by atomic mass is 10.1. The molecule has 0 unspecified atom stereocenters. The van der Waals surface area contributed by atoms with E-state index in [1.807, 2.05) is 11.0 Å². The van der Waals surface area contributed by atoms with Gasteiger partial charge in [-0.3, -0.25) is 4.79 Å². The Morgan fingerprint density at radius 3 is 2.44 bits per heavy atom. The molecule has 0 saturated carbocycles. The minimum atomic E-state index is 0.285. The molecule has 0 aromatic carbocycles. The highest BCUT2D eigenvalue weighted by atomic mass is 16.2. The second-order valence-corrected chi connectivity index (χ2v) is 5.21. The number of amides is 1. The van der Waals surface area contributed by atoms with E-state index in [1.165, 1.54) is 25.7 Å². The van der Waals surface area contributed by atoms with Crippen molar-refractivity contribution in [1.29, 1.82) is 0 Å². The van der Waals surface area contributed by atoms with Crippen molar-refractivity contribution in [3.05, 3.63) is 12.2 Å². The Kier molecular flexibility index (Phi) is 7.74. The maximum absolute atomic E-state index is 11.9. The molecule has 0 N–H and O–H groups in total. The normalized spacial score (nSPS) is 17.6. The second kappa shape index (κ2) is 9.15. The molecule has 0 aromatic heterocycles. The molecule has 1 saturated heterocycles. The standard InChI is InChI=1S/C15H28N2O/c1-3-4-5-6-7-8-9-10-15(18)17-13-11-16(2)12-14-17/h8-9H,3-7,10-14H2,1-2H3/b9-8+. The first-order valence-corrected chi connectivity index (χ1v) is 7.35. The molecule has 104 valence electrons. The highest BCUT2D eigenvalue weighted by molar-refractivity contribution is 5.77. The van der Waals surface area contributed by atoms with Gasteiger partial charge in [-0.1, -0.05) is 38.3 Å². The van der Waals surface area contributed by atoms with Gasteiger partial charge in [0.1, 0.15) is 0 Å². The van der Waals surface area contributed by atoms with Crippen LogP contribution in [0, 0.1) is 0 Å². The lowest BCUT2D eigenvalue weighted by molar-refractivity contribution is -0.131. The molecule has 0 aliphatic carbocycles. The molecule has 18 heavy (non-hydrogen) atoms. The Morgan fingerprint density at radius 2 is 1.78 bits per heavy atom. The molecule has 1 fully saturated rings. The van der Waals surface area contributed by atoms with Crippen LogP contribution in [0.1, 0.15) is 45.4 Å². The number of nitrogens with zero attached hydrogens (tertiary/aromatic N) is 2. The average Bonchev–Trinajstić information content (AvgIpc) is 2.38. The molecule has 1 aliphatic heterocycles. The van der Waals surface area contributed by atoms with E-state index in [2.05, 4.69) is 24.9 Å². The number of piperazine rings is 1. The van der Waals surface area contributed by atoms with Crippen molar-refractivity contribution >= 4 is 5.91 Å². The monoisotopic (exact) mass is 252 g/mol. The van der Waals surface area contributed by atoms with Gasteiger partial charge in [0.05, 0.1) is 0 Å². The molecule has 0 atom stereocenters. The Bertz CT molecular complexity index is 255. The van der Waals surface area contributed by atoms with Crippen molar-refractivity contribution < 1.29 is 4.79 Å². The second-order valence-electron chi connectivity index (χ2n) is 5.21. The third kappa shape index (κ3) is 6.20. The number of rotatable bonds is 7. The van der Waals surface area contributed by atoms with Crippen LogP contribution in [0.15, 0.2) is 12.2 Å². The Balaban J connectivity index is 2.07. The van der Waals surface area contributed by atoms with Crippen LogP contribution in [0.25, 0.3) is 0 Å². The Labute approximate surface area is 112 Å². The summed E-state index contributed by atoms with van der Waals surface area (Å²) in [5.41, 5.74) is 0. The first-order chi connectivity index (χ1) is 8.74. The fraction of sp³-hybridized carbons (Fsp3) is 0.800. The summed E-state index contributed by atoms with van der Waals surface area (Å²) in [5, 5.41) is 0. The largest absolute Gasteiger partial charge is 0.340 e. The summed E-state index contributed by atoms with van der Waals surface area (Å²) in [4.78, 5) is 16.2. The van der Waals surface area contributed by atoms with Gasteiger partial charge in [0.15, 0.2) is 0 Å². The number of carbonyl (C=O) groups excluding carboxylic acids is 1. The van der Waals surface area contributed by atoms with Gasteiger partial charge < -0.3 is 9.80 Å². The van der Waals surface area contributed by atoms with Crippen LogP contribution in [0.4, 0.5) is 0 Å². The van der Waals surface area contributed by atoms with Crippen molar-refractivity contribution in [2.75, 3.05) is 33.2 Å². The van der Waals surface area contributed by atoms with Gasteiger partial charge in [-0.05, 0) is 19.9 Å². The van der Waals surface area contributed by atoms with Gasteiger partial charge in [0.2, 0.25) is 5.91 Å². The average molecular weight is 252 g/mol. The molecular formula is C15H28N2O. The zero-order valence-electron chi connectivity index (χ0n) is 12.0. The third-order valence-electron chi connectivity index (χ3n) is 3.54. The zero-order valence-corrected chi connectivity index (χ0v) is 12.0. The number of likely N-dealkylation sites (N-methyl/N-ethyl adjacent to an activating group) is 1. The molecule has 1 rings (SSSR count). The number of carbonyl (C=O) groups is 1. The predicted molar refractivity (Wildman–Crippen MR) is 76.6 cm³/mol. The van der Waals surface area contributed by atoms with Gasteiger partial charge in [-0.15, -0.1) is 0 Å². The minimum Gasteiger partial charge on any atom is -0.340 e. The first-order valence-electron chi connectivity index (χ1n) is 7.35. The summed E-state index contributed by atoms with van der Waals surface area (Å²) in [6, 6.07) is 0. The number of allylic oxidation sites excluding steroid dienone is 1. The van der Waals surface area contributed by atoms with Crippen molar-refractivity contribution in [2.45, 2.75) is 45.4 Å². The Hall–Kier alpha value is -0.830. The van der Waals surface area contributed by atoms with E-state index in [1.54, 1.807) is 0 Å². The van der Waals surface area contributed by atoms with Gasteiger partial charge in [-0.25, -0.2) is 0 Å². The molecular weight excluding hydrogens is 224 g/mol. The van der Waals surface area contributed by atoms with Gasteiger partial charge >= 0.3 is 0 Å². The fourth-order valence-corrected chi connectivity index (χ4v) is 2.18. The molecule has 0 bridgehead atoms. The molecule has 3 nitrogen and oxygen atoms in total. The van der Waals surface area contributed by atoms with Crippen LogP contribution in [-0.2, 0) is 4.79 Å². The van der Waals surface area contributed by atoms with Crippen molar-refractivity contribution in [3.8, 4) is 0 Å². The molecule has 0 aromatic rings. The summed E-state index contributed by atoms with van der Waals surface area (Å²) in [7, 11) is 2.11. The number of unbranched alkanes of at least 4 members (excludes halogenated alkanes) is 4. The SMILES string of the molecule is CCCCCC/C=C/CC(=O)N1CCN(C)CC1. The summed E-state index contributed by atoms with van der Waals surface area (Å²) in [5.74, 6) is 0.285. The highest BCUT2D eigenvalue weighted by Crippen LogP contribution is 2.05. The van der Waals surface area contributed by atoms with E-state index < -0.39 is 0 Å². The van der Waals surface area contributed by atoms with Crippen LogP contribution in [0.3, 0.4) is 0 Å². The summed E-state index contributed by atoms with van der Waals surface area (Å²) in [6.45, 7) is 6.02. The predicted octanol–water partition coefficient (Wildman–Crippen LogP) is 2.68. The van der Waals surface area contributed by atoms with E-state index in [0.29, 0.717) is 6.42 Å². The molecule has 1 aliphatic rings. The lowest BCUT2D eigenvalue weighted by Crippen LogP contribution is -2.46. The van der Waals surface area contributed by atoms with Crippen molar-refractivity contribution in [2.24, 2.45) is 0 Å². The summed E-state index contributed by atoms with van der Waals surface area (Å²) in [6.07, 6.45) is 11.1. The smallest absolute Gasteiger partial charge is 0.226 e. The summed E-state index contributed by atoms with van der Waals surface area (Å²) < 4.78 is 0. The topological polar surface area (TPSA) is 23.6 Å². The van der Waals surface area contributed by atoms with Crippen LogP contribution in [0.5, 0.6) is 0 Å². The molecule has 0 spiro atoms. The minimum absolute atomic E-state index is 0.285. The van der Waals surface area contributed by atoms with Gasteiger partial charge in [0.25, 0.3) is 0 Å². The van der Waals surface area contributed by atoms with Crippen LogP contribution < -0.4 is 0 Å². The lowest BCUT2D eigenvalue weighted by Gasteiger charge is -2.32. The molecule has 1 amide bonds. The molecule has 0 radical (unpaired) electrons. The van der Waals surface area contributed by atoms with E-state index in [9.17, 15) is 4.79 Å². The maximum Gasteiger partial charge on any atom is 0.226 e. The quantitative estimate of drug-likeness (QED) is 0.514. The van der Waals surface area contributed by atoms with Crippen molar-refractivity contribution in [3.63, 3.8) is 0 Å². The maximum atomic E-state index is 11.9. The van der Waals surface area contributed by atoms with Crippen molar-refractivity contribution in [1.82, 2.24) is 9.80 Å².